The highest BCUT2D eigenvalue weighted by molar-refractivity contribution is 9.10. The molecule has 11 nitrogen and oxygen atoms in total. The average Bonchev–Trinajstić information content (AvgIpc) is 3.49. The number of amides is 1. The van der Waals surface area contributed by atoms with Gasteiger partial charge in [0, 0.05) is 46.5 Å². The number of nitrogens with one attached hydrogen (secondary N) is 2. The first kappa shape index (κ1) is 33.5. The number of azide groups is 1. The summed E-state index contributed by atoms with van der Waals surface area (Å²) in [5, 5.41) is 12.9. The fourth-order valence-corrected chi connectivity index (χ4v) is 5.64. The number of hydrogen-bond donors (Lipinski definition) is 3. The van der Waals surface area contributed by atoms with Gasteiger partial charge in [-0.2, -0.15) is 0 Å². The molecule has 1 aliphatic rings. The van der Waals surface area contributed by atoms with Crippen LogP contribution in [0.1, 0.15) is 40.3 Å². The lowest BCUT2D eigenvalue weighted by molar-refractivity contribution is -0.130. The second-order valence-electron chi connectivity index (χ2n) is 10.8. The minimum atomic E-state index is -1.47. The van der Waals surface area contributed by atoms with Crippen LogP contribution < -0.4 is 20.3 Å². The molecular formula is C35H35BrN6O5. The van der Waals surface area contributed by atoms with Crippen LogP contribution in [0.25, 0.3) is 10.4 Å². The third kappa shape index (κ3) is 8.11. The summed E-state index contributed by atoms with van der Waals surface area (Å²) < 4.78 is 18.7. The number of aliphatic hydroxyl groups is 1. The van der Waals surface area contributed by atoms with E-state index in [2.05, 4.69) is 36.8 Å². The van der Waals surface area contributed by atoms with Gasteiger partial charge in [0.2, 0.25) is 5.90 Å². The van der Waals surface area contributed by atoms with Gasteiger partial charge in [0.25, 0.3) is 5.91 Å². The number of para-hydroxylation sites is 1. The Bertz CT molecular complexity index is 1740. The molecule has 47 heavy (non-hydrogen) atoms. The molecule has 0 saturated heterocycles. The number of ether oxygens (including phenoxy) is 3. The molecule has 0 fully saturated rings. The Morgan fingerprint density at radius 3 is 2.43 bits per heavy atom. The van der Waals surface area contributed by atoms with Crippen LogP contribution in [0.3, 0.4) is 0 Å². The molecule has 1 heterocycles. The molecule has 4 aromatic rings. The van der Waals surface area contributed by atoms with Gasteiger partial charge in [0.1, 0.15) is 11.5 Å². The SMILES string of the molecule is COc1ccccc1CNNC(=O)[C@@]1(Cc2ccccc2CN=[N+]=[N-])N=C(c2ccc(OCCCO)cc2)O[C@H]1c1ccc(Br)cc1. The fraction of sp³-hybridized carbons (Fsp3) is 0.257. The number of rotatable bonds is 15. The Kier molecular flexibility index (Phi) is 11.5. The molecule has 4 aromatic carbocycles. The van der Waals surface area contributed by atoms with Crippen molar-refractivity contribution in [3.63, 3.8) is 0 Å². The van der Waals surface area contributed by atoms with Gasteiger partial charge in [0.15, 0.2) is 11.6 Å². The van der Waals surface area contributed by atoms with Crippen LogP contribution in [0.5, 0.6) is 11.5 Å². The third-order valence-electron chi connectivity index (χ3n) is 7.76. The van der Waals surface area contributed by atoms with E-state index in [1.165, 1.54) is 0 Å². The monoisotopic (exact) mass is 698 g/mol. The van der Waals surface area contributed by atoms with Crippen LogP contribution in [0.4, 0.5) is 0 Å². The first-order valence-corrected chi connectivity index (χ1v) is 15.9. The zero-order valence-electron chi connectivity index (χ0n) is 25.8. The van der Waals surface area contributed by atoms with Gasteiger partial charge in [-0.05, 0) is 64.7 Å². The zero-order chi connectivity index (χ0) is 33.1. The van der Waals surface area contributed by atoms with Gasteiger partial charge in [-0.1, -0.05) is 75.6 Å². The lowest BCUT2D eigenvalue weighted by Crippen LogP contribution is -2.53. The van der Waals surface area contributed by atoms with Crippen molar-refractivity contribution in [1.29, 1.82) is 0 Å². The summed E-state index contributed by atoms with van der Waals surface area (Å²) in [5.74, 6) is 1.23. The van der Waals surface area contributed by atoms with Gasteiger partial charge in [-0.25, -0.2) is 10.4 Å². The number of hydrogen-bond acceptors (Lipinski definition) is 8. The molecule has 0 unspecified atom stereocenters. The molecule has 0 aromatic heterocycles. The van der Waals surface area contributed by atoms with E-state index in [0.717, 1.165) is 26.7 Å². The maximum absolute atomic E-state index is 14.5. The van der Waals surface area contributed by atoms with E-state index in [9.17, 15) is 4.79 Å². The first-order chi connectivity index (χ1) is 23.0. The number of carbonyl (C=O) groups is 1. The number of halogens is 1. The summed E-state index contributed by atoms with van der Waals surface area (Å²) in [6, 6.07) is 29.9. The van der Waals surface area contributed by atoms with Crippen LogP contribution in [0.2, 0.25) is 0 Å². The average molecular weight is 700 g/mol. The summed E-state index contributed by atoms with van der Waals surface area (Å²) in [7, 11) is 1.60. The first-order valence-electron chi connectivity index (χ1n) is 15.1. The minimum absolute atomic E-state index is 0.0457. The topological polar surface area (TPSA) is 150 Å². The molecule has 1 amide bonds. The Morgan fingerprint density at radius 1 is 1.02 bits per heavy atom. The molecule has 0 saturated carbocycles. The van der Waals surface area contributed by atoms with Crippen LogP contribution in [-0.2, 0) is 29.0 Å². The predicted octanol–water partition coefficient (Wildman–Crippen LogP) is 6.35. The van der Waals surface area contributed by atoms with Gasteiger partial charge >= 0.3 is 0 Å². The Labute approximate surface area is 281 Å². The molecule has 242 valence electrons. The van der Waals surface area contributed by atoms with Crippen LogP contribution >= 0.6 is 15.9 Å². The second kappa shape index (κ2) is 16.1. The fourth-order valence-electron chi connectivity index (χ4n) is 5.38. The molecule has 5 rings (SSSR count). The lowest BCUT2D eigenvalue weighted by Gasteiger charge is -2.31. The van der Waals surface area contributed by atoms with Crippen molar-refractivity contribution in [2.24, 2.45) is 10.1 Å². The largest absolute Gasteiger partial charge is 0.496 e. The van der Waals surface area contributed by atoms with Crippen molar-refractivity contribution in [2.45, 2.75) is 37.6 Å². The van der Waals surface area contributed by atoms with Gasteiger partial charge in [-0.3, -0.25) is 10.2 Å². The van der Waals surface area contributed by atoms with Crippen molar-refractivity contribution in [1.82, 2.24) is 10.9 Å². The van der Waals surface area contributed by atoms with Crippen molar-refractivity contribution < 1.29 is 24.1 Å². The molecular weight excluding hydrogens is 664 g/mol. The molecule has 3 N–H and O–H groups in total. The van der Waals surface area contributed by atoms with E-state index in [1.807, 2.05) is 84.9 Å². The normalized spacial score (nSPS) is 16.8. The van der Waals surface area contributed by atoms with Crippen LogP contribution in [-0.4, -0.2) is 42.8 Å². The third-order valence-corrected chi connectivity index (χ3v) is 8.29. The molecule has 0 spiro atoms. The smallest absolute Gasteiger partial charge is 0.266 e. The molecule has 1 aliphatic heterocycles. The Hall–Kier alpha value is -4.87. The van der Waals surface area contributed by atoms with Gasteiger partial charge in [-0.15, -0.1) is 0 Å². The van der Waals surface area contributed by atoms with E-state index in [0.29, 0.717) is 42.5 Å². The maximum Gasteiger partial charge on any atom is 0.266 e. The summed E-state index contributed by atoms with van der Waals surface area (Å²) in [5.41, 5.74) is 17.4. The number of hydrazine groups is 1. The number of benzene rings is 4. The summed E-state index contributed by atoms with van der Waals surface area (Å²) in [6.07, 6.45) is -0.137. The standard InChI is InChI=1S/C35H35BrN6O5/c1-45-31-10-5-4-9-28(31)23-38-41-34(44)35(21-26-7-2-3-8-27(26)22-39-42-37)32(24-11-15-29(36)16-12-24)47-33(40-35)25-13-17-30(18-14-25)46-20-6-19-43/h2-5,7-18,32,38,43H,6,19-23H2,1H3,(H,41,44)/t32-,35-/m0/s1. The van der Waals surface area contributed by atoms with Crippen molar-refractivity contribution in [2.75, 3.05) is 20.3 Å². The maximum atomic E-state index is 14.5. The number of aliphatic hydroxyl groups excluding tert-OH is 1. The van der Waals surface area contributed by atoms with E-state index < -0.39 is 17.6 Å². The number of aliphatic imine (C=N–C) groups is 1. The molecule has 2 atom stereocenters. The van der Waals surface area contributed by atoms with Crippen molar-refractivity contribution >= 4 is 27.7 Å². The lowest BCUT2D eigenvalue weighted by atomic mass is 9.81. The highest BCUT2D eigenvalue weighted by Gasteiger charge is 2.53. The van der Waals surface area contributed by atoms with E-state index >= 15 is 0 Å². The highest BCUT2D eigenvalue weighted by Crippen LogP contribution is 2.43. The Balaban J connectivity index is 1.56. The molecule has 12 heteroatoms. The van der Waals surface area contributed by atoms with Gasteiger partial charge < -0.3 is 19.3 Å². The van der Waals surface area contributed by atoms with Crippen LogP contribution in [0.15, 0.2) is 112 Å². The molecule has 0 aliphatic carbocycles. The predicted molar refractivity (Wildman–Crippen MR) is 182 cm³/mol. The summed E-state index contributed by atoms with van der Waals surface area (Å²) in [6.45, 7) is 0.857. The summed E-state index contributed by atoms with van der Waals surface area (Å²) in [4.78, 5) is 22.6. The summed E-state index contributed by atoms with van der Waals surface area (Å²) >= 11 is 3.51. The van der Waals surface area contributed by atoms with Crippen molar-refractivity contribution in [3.05, 3.63) is 140 Å². The van der Waals surface area contributed by atoms with Gasteiger partial charge in [0.05, 0.1) is 20.3 Å². The highest BCUT2D eigenvalue weighted by atomic mass is 79.9. The second-order valence-corrected chi connectivity index (χ2v) is 11.7. The van der Waals surface area contributed by atoms with Crippen LogP contribution in [0, 0.1) is 0 Å². The number of carbonyl (C=O) groups excluding carboxylic acids is 1. The molecule has 0 radical (unpaired) electrons. The molecule has 0 bridgehead atoms. The van der Waals surface area contributed by atoms with E-state index in [-0.39, 0.29) is 19.6 Å². The number of methoxy groups -OCH3 is 1. The zero-order valence-corrected chi connectivity index (χ0v) is 27.4. The number of nitrogens with zero attached hydrogens (tertiary/aromatic N) is 4. The minimum Gasteiger partial charge on any atom is -0.496 e. The quantitative estimate of drug-likeness (QED) is 0.0433. The van der Waals surface area contributed by atoms with E-state index in [1.54, 1.807) is 19.2 Å². The van der Waals surface area contributed by atoms with E-state index in [4.69, 9.17) is 29.8 Å². The van der Waals surface area contributed by atoms with Crippen molar-refractivity contribution in [3.8, 4) is 11.5 Å². The Morgan fingerprint density at radius 2 is 1.72 bits per heavy atom.